The maximum Gasteiger partial charge on any atom is 0.173 e. The van der Waals surface area contributed by atoms with Crippen molar-refractivity contribution in [2.45, 2.75) is 4.90 Å². The van der Waals surface area contributed by atoms with Crippen LogP contribution in [0.5, 0.6) is 0 Å². The van der Waals surface area contributed by atoms with Gasteiger partial charge in [0.1, 0.15) is 0 Å². The van der Waals surface area contributed by atoms with Crippen LogP contribution >= 0.6 is 27.9 Å². The van der Waals surface area contributed by atoms with Crippen molar-refractivity contribution >= 4 is 33.7 Å². The van der Waals surface area contributed by atoms with E-state index in [4.69, 9.17) is 5.14 Å². The molecule has 2 N–H and O–H groups in total. The molecular weight excluding hydrogens is 238 g/mol. The first kappa shape index (κ1) is 9.77. The summed E-state index contributed by atoms with van der Waals surface area (Å²) in [7, 11) is 0. The van der Waals surface area contributed by atoms with Crippen molar-refractivity contribution in [3.8, 4) is 0 Å². The number of hydrogen-bond acceptors (Lipinski definition) is 3. The fourth-order valence-electron chi connectivity index (χ4n) is 0.797. The monoisotopic (exact) mass is 245 g/mol. The van der Waals surface area contributed by atoms with E-state index in [1.165, 1.54) is 11.9 Å². The molecule has 0 aliphatic carbocycles. The summed E-state index contributed by atoms with van der Waals surface area (Å²) in [6.45, 7) is 0. The van der Waals surface area contributed by atoms with Crippen molar-refractivity contribution in [2.24, 2.45) is 5.14 Å². The molecule has 0 unspecified atom stereocenters. The van der Waals surface area contributed by atoms with Gasteiger partial charge in [-0.1, -0.05) is 28.1 Å². The summed E-state index contributed by atoms with van der Waals surface area (Å²) < 4.78 is 0. The van der Waals surface area contributed by atoms with Crippen molar-refractivity contribution in [1.29, 1.82) is 0 Å². The van der Waals surface area contributed by atoms with Crippen LogP contribution in [0.4, 0.5) is 0 Å². The molecule has 0 saturated carbocycles. The minimum Gasteiger partial charge on any atom is -0.293 e. The molecule has 0 spiro atoms. The maximum absolute atomic E-state index is 11.1. The Bertz CT molecular complexity index is 273. The molecule has 1 aromatic rings. The van der Waals surface area contributed by atoms with E-state index in [1.807, 2.05) is 12.1 Å². The quantitative estimate of drug-likeness (QED) is 0.505. The van der Waals surface area contributed by atoms with Crippen LogP contribution in [0.2, 0.25) is 0 Å². The molecule has 64 valence electrons. The van der Waals surface area contributed by atoms with Gasteiger partial charge in [-0.05, 0) is 24.1 Å². The molecular formula is C8H8BrNOS. The van der Waals surface area contributed by atoms with Crippen molar-refractivity contribution in [3.63, 3.8) is 0 Å². The van der Waals surface area contributed by atoms with Gasteiger partial charge in [0.15, 0.2) is 5.78 Å². The van der Waals surface area contributed by atoms with E-state index in [0.717, 1.165) is 4.90 Å². The lowest BCUT2D eigenvalue weighted by Gasteiger charge is -1.97. The Kier molecular flexibility index (Phi) is 3.78. The van der Waals surface area contributed by atoms with Crippen LogP contribution in [-0.4, -0.2) is 11.1 Å². The van der Waals surface area contributed by atoms with E-state index in [2.05, 4.69) is 15.9 Å². The first-order chi connectivity index (χ1) is 5.77. The molecule has 0 atom stereocenters. The van der Waals surface area contributed by atoms with Crippen molar-refractivity contribution in [2.75, 3.05) is 5.33 Å². The van der Waals surface area contributed by atoms with Gasteiger partial charge in [-0.25, -0.2) is 0 Å². The van der Waals surface area contributed by atoms with E-state index in [-0.39, 0.29) is 5.78 Å². The molecule has 0 bridgehead atoms. The fourth-order valence-corrected chi connectivity index (χ4v) is 1.41. The van der Waals surface area contributed by atoms with Gasteiger partial charge < -0.3 is 0 Å². The van der Waals surface area contributed by atoms with Gasteiger partial charge in [-0.2, -0.15) is 0 Å². The predicted octanol–water partition coefficient (Wildman–Crippen LogP) is 2.23. The molecule has 0 aliphatic heterocycles. The van der Waals surface area contributed by atoms with Crippen molar-refractivity contribution in [1.82, 2.24) is 0 Å². The zero-order chi connectivity index (χ0) is 8.97. The third-order valence-electron chi connectivity index (χ3n) is 1.43. The lowest BCUT2D eigenvalue weighted by Crippen LogP contribution is -1.98. The number of benzene rings is 1. The fraction of sp³-hybridized carbons (Fsp3) is 0.125. The van der Waals surface area contributed by atoms with E-state index in [9.17, 15) is 4.79 Å². The summed E-state index contributed by atoms with van der Waals surface area (Å²) in [5, 5.41) is 5.69. The Labute approximate surface area is 83.8 Å². The Balaban J connectivity index is 2.84. The SMILES string of the molecule is NSc1ccc(C(=O)CBr)cc1. The number of nitrogens with two attached hydrogens (primary N) is 1. The number of alkyl halides is 1. The molecule has 0 aromatic heterocycles. The van der Waals surface area contributed by atoms with Crippen LogP contribution < -0.4 is 5.14 Å². The number of carbonyl (C=O) groups excluding carboxylic acids is 1. The lowest BCUT2D eigenvalue weighted by molar-refractivity contribution is 0.102. The summed E-state index contributed by atoms with van der Waals surface area (Å²) in [6, 6.07) is 7.22. The number of carbonyl (C=O) groups is 1. The Morgan fingerprint density at radius 2 is 2.00 bits per heavy atom. The van der Waals surface area contributed by atoms with Crippen LogP contribution in [0.25, 0.3) is 0 Å². The summed E-state index contributed by atoms with van der Waals surface area (Å²) in [5.41, 5.74) is 0.713. The molecule has 0 heterocycles. The second kappa shape index (κ2) is 4.64. The molecule has 0 aliphatic rings. The highest BCUT2D eigenvalue weighted by Crippen LogP contribution is 2.13. The average molecular weight is 246 g/mol. The Morgan fingerprint density at radius 3 is 2.42 bits per heavy atom. The normalized spacial score (nSPS) is 9.83. The van der Waals surface area contributed by atoms with Crippen LogP contribution in [0.15, 0.2) is 29.2 Å². The van der Waals surface area contributed by atoms with Gasteiger partial charge in [-0.15, -0.1) is 0 Å². The average Bonchev–Trinajstić information content (AvgIpc) is 2.17. The second-order valence-electron chi connectivity index (χ2n) is 2.20. The third kappa shape index (κ3) is 2.33. The van der Waals surface area contributed by atoms with E-state index < -0.39 is 0 Å². The van der Waals surface area contributed by atoms with Crippen molar-refractivity contribution < 1.29 is 4.79 Å². The molecule has 4 heteroatoms. The highest BCUT2D eigenvalue weighted by atomic mass is 79.9. The molecule has 0 fully saturated rings. The molecule has 2 nitrogen and oxygen atoms in total. The highest BCUT2D eigenvalue weighted by Gasteiger charge is 2.02. The van der Waals surface area contributed by atoms with E-state index >= 15 is 0 Å². The number of rotatable bonds is 3. The van der Waals surface area contributed by atoms with Gasteiger partial charge in [0.25, 0.3) is 0 Å². The van der Waals surface area contributed by atoms with E-state index in [0.29, 0.717) is 10.9 Å². The van der Waals surface area contributed by atoms with Gasteiger partial charge in [-0.3, -0.25) is 9.93 Å². The van der Waals surface area contributed by atoms with Gasteiger partial charge >= 0.3 is 0 Å². The van der Waals surface area contributed by atoms with Crippen LogP contribution in [-0.2, 0) is 0 Å². The topological polar surface area (TPSA) is 43.1 Å². The Morgan fingerprint density at radius 1 is 1.42 bits per heavy atom. The summed E-state index contributed by atoms with van der Waals surface area (Å²) in [5.74, 6) is 0.0866. The maximum atomic E-state index is 11.1. The second-order valence-corrected chi connectivity index (χ2v) is 3.47. The highest BCUT2D eigenvalue weighted by molar-refractivity contribution is 9.09. The largest absolute Gasteiger partial charge is 0.293 e. The predicted molar refractivity (Wildman–Crippen MR) is 54.6 cm³/mol. The number of ketones is 1. The smallest absolute Gasteiger partial charge is 0.173 e. The summed E-state index contributed by atoms with van der Waals surface area (Å²) >= 11 is 4.28. The molecule has 0 radical (unpaired) electrons. The third-order valence-corrected chi connectivity index (χ3v) is 2.49. The van der Waals surface area contributed by atoms with Crippen molar-refractivity contribution in [3.05, 3.63) is 29.8 Å². The standard InChI is InChI=1S/C8H8BrNOS/c9-5-8(11)6-1-3-7(12-10)4-2-6/h1-4H,5,10H2. The first-order valence-corrected chi connectivity index (χ1v) is 5.34. The van der Waals surface area contributed by atoms with E-state index in [1.54, 1.807) is 12.1 Å². The molecule has 0 saturated heterocycles. The summed E-state index contributed by atoms with van der Waals surface area (Å²) in [4.78, 5) is 12.1. The van der Waals surface area contributed by atoms with Gasteiger partial charge in [0, 0.05) is 10.5 Å². The first-order valence-electron chi connectivity index (χ1n) is 3.34. The molecule has 12 heavy (non-hydrogen) atoms. The minimum atomic E-state index is 0.0866. The van der Waals surface area contributed by atoms with Crippen LogP contribution in [0.1, 0.15) is 10.4 Å². The summed E-state index contributed by atoms with van der Waals surface area (Å²) in [6.07, 6.45) is 0. The van der Waals surface area contributed by atoms with Crippen LogP contribution in [0, 0.1) is 0 Å². The zero-order valence-electron chi connectivity index (χ0n) is 6.29. The van der Waals surface area contributed by atoms with Gasteiger partial charge in [0.2, 0.25) is 0 Å². The molecule has 1 aromatic carbocycles. The molecule has 0 amide bonds. The number of hydrogen-bond donors (Lipinski definition) is 1. The molecule has 1 rings (SSSR count). The number of halogens is 1. The number of Topliss-reactive ketones (excluding diaryl/α,β-unsaturated/α-hetero) is 1. The zero-order valence-corrected chi connectivity index (χ0v) is 8.69. The lowest BCUT2D eigenvalue weighted by atomic mass is 10.2. The van der Waals surface area contributed by atoms with Crippen LogP contribution in [0.3, 0.4) is 0 Å². The van der Waals surface area contributed by atoms with Gasteiger partial charge in [0.05, 0.1) is 5.33 Å². The minimum absolute atomic E-state index is 0.0866. The Hall–Kier alpha value is -0.320.